The third-order valence-corrected chi connectivity index (χ3v) is 1.74. The number of esters is 2. The third kappa shape index (κ3) is 6.56. The summed E-state index contributed by atoms with van der Waals surface area (Å²) in [5, 5.41) is 0. The van der Waals surface area contributed by atoms with Crippen LogP contribution in [0.15, 0.2) is 0 Å². The van der Waals surface area contributed by atoms with E-state index in [2.05, 4.69) is 0 Å². The molecule has 0 aromatic rings. The molecule has 0 bridgehead atoms. The van der Waals surface area contributed by atoms with E-state index in [1.165, 1.54) is 0 Å². The van der Waals surface area contributed by atoms with E-state index in [9.17, 15) is 9.59 Å². The smallest absolute Gasteiger partial charge is 0.325 e. The third-order valence-electron chi connectivity index (χ3n) is 1.74. The van der Waals surface area contributed by atoms with Crippen LogP contribution in [0, 0.1) is 0 Å². The molecular formula is C12H24N2O4. The molecule has 0 aliphatic rings. The van der Waals surface area contributed by atoms with E-state index in [0.717, 1.165) is 0 Å². The van der Waals surface area contributed by atoms with Gasteiger partial charge in [-0.2, -0.15) is 0 Å². The Morgan fingerprint density at radius 2 is 1.00 bits per heavy atom. The lowest BCUT2D eigenvalue weighted by Gasteiger charge is -2.26. The van der Waals surface area contributed by atoms with E-state index in [1.807, 2.05) is 0 Å². The molecule has 0 amide bonds. The predicted molar refractivity (Wildman–Crippen MR) is 67.6 cm³/mol. The number of nitrogens with two attached hydrogens (primary N) is 2. The summed E-state index contributed by atoms with van der Waals surface area (Å²) in [4.78, 5) is 23.3. The largest absolute Gasteiger partial charge is 0.459 e. The van der Waals surface area contributed by atoms with Gasteiger partial charge in [0.15, 0.2) is 0 Å². The summed E-state index contributed by atoms with van der Waals surface area (Å²) in [6.45, 7) is 10.2. The maximum Gasteiger partial charge on any atom is 0.325 e. The van der Waals surface area contributed by atoms with Gasteiger partial charge >= 0.3 is 11.9 Å². The van der Waals surface area contributed by atoms with Crippen LogP contribution >= 0.6 is 0 Å². The monoisotopic (exact) mass is 260 g/mol. The first-order valence-electron chi connectivity index (χ1n) is 5.80. The van der Waals surface area contributed by atoms with Gasteiger partial charge in [0.2, 0.25) is 0 Å². The van der Waals surface area contributed by atoms with E-state index in [4.69, 9.17) is 20.9 Å². The van der Waals surface area contributed by atoms with Crippen molar-refractivity contribution in [2.45, 2.75) is 64.8 Å². The number of rotatable bonds is 3. The van der Waals surface area contributed by atoms with Crippen LogP contribution in [0.1, 0.15) is 41.5 Å². The first-order valence-corrected chi connectivity index (χ1v) is 5.80. The molecule has 0 fully saturated rings. The van der Waals surface area contributed by atoms with Crippen molar-refractivity contribution in [3.63, 3.8) is 0 Å². The summed E-state index contributed by atoms with van der Waals surface area (Å²) in [5.74, 6) is -1.44. The molecule has 0 saturated heterocycles. The molecule has 0 radical (unpaired) electrons. The average Bonchev–Trinajstić information content (AvgIpc) is 2.09. The zero-order chi connectivity index (χ0) is 14.7. The molecule has 0 unspecified atom stereocenters. The van der Waals surface area contributed by atoms with Crippen molar-refractivity contribution in [3.05, 3.63) is 0 Å². The lowest BCUT2D eigenvalue weighted by Crippen LogP contribution is -2.54. The van der Waals surface area contributed by atoms with Crippen LogP contribution in [0.25, 0.3) is 0 Å². The van der Waals surface area contributed by atoms with Crippen molar-refractivity contribution in [2.24, 2.45) is 11.5 Å². The van der Waals surface area contributed by atoms with Crippen molar-refractivity contribution in [3.8, 4) is 0 Å². The quantitative estimate of drug-likeness (QED) is 0.708. The fourth-order valence-corrected chi connectivity index (χ4v) is 1.03. The molecule has 6 heteroatoms. The first-order chi connectivity index (χ1) is 7.83. The molecule has 6 nitrogen and oxygen atoms in total. The second kappa shape index (κ2) is 5.67. The summed E-state index contributed by atoms with van der Waals surface area (Å²) in [5.41, 5.74) is 9.82. The second-order valence-corrected chi connectivity index (χ2v) is 6.12. The molecule has 0 rings (SSSR count). The molecule has 0 aromatic carbocycles. The minimum absolute atomic E-state index is 0.678. The summed E-state index contributed by atoms with van der Waals surface area (Å²) < 4.78 is 10.1. The maximum absolute atomic E-state index is 11.6. The number of hydrogen-bond donors (Lipinski definition) is 2. The highest BCUT2D eigenvalue weighted by Crippen LogP contribution is 2.11. The Labute approximate surface area is 108 Å². The van der Waals surface area contributed by atoms with Crippen molar-refractivity contribution in [2.75, 3.05) is 0 Å². The van der Waals surface area contributed by atoms with E-state index in [-0.39, 0.29) is 0 Å². The topological polar surface area (TPSA) is 105 Å². The Bertz CT molecular complexity index is 283. The van der Waals surface area contributed by atoms with Gasteiger partial charge in [-0.15, -0.1) is 0 Å². The highest BCUT2D eigenvalue weighted by Gasteiger charge is 2.33. The lowest BCUT2D eigenvalue weighted by atomic mass is 10.1. The number of hydrogen-bond acceptors (Lipinski definition) is 6. The fraction of sp³-hybridized carbons (Fsp3) is 0.833. The van der Waals surface area contributed by atoms with Gasteiger partial charge in [-0.3, -0.25) is 9.59 Å². The minimum Gasteiger partial charge on any atom is -0.459 e. The minimum atomic E-state index is -1.24. The Morgan fingerprint density at radius 1 is 0.778 bits per heavy atom. The zero-order valence-corrected chi connectivity index (χ0v) is 11.9. The maximum atomic E-state index is 11.6. The summed E-state index contributed by atoms with van der Waals surface area (Å²) in [7, 11) is 0. The molecule has 4 N–H and O–H groups in total. The van der Waals surface area contributed by atoms with Crippen LogP contribution < -0.4 is 11.5 Å². The van der Waals surface area contributed by atoms with Crippen molar-refractivity contribution in [1.29, 1.82) is 0 Å². The Balaban J connectivity index is 4.55. The predicted octanol–water partition coefficient (Wildman–Crippen LogP) is 0.324. The van der Waals surface area contributed by atoms with Gasteiger partial charge in [0, 0.05) is 0 Å². The van der Waals surface area contributed by atoms with E-state index >= 15 is 0 Å². The first kappa shape index (κ1) is 16.9. The zero-order valence-electron chi connectivity index (χ0n) is 11.9. The van der Waals surface area contributed by atoms with Crippen LogP contribution in [-0.4, -0.2) is 35.2 Å². The summed E-state index contributed by atoms with van der Waals surface area (Å²) in [6.07, 6.45) is 0. The van der Waals surface area contributed by atoms with Crippen molar-refractivity contribution >= 4 is 11.9 Å². The lowest BCUT2D eigenvalue weighted by molar-refractivity contribution is -0.165. The molecule has 2 atom stereocenters. The number of carbonyl (C=O) groups excluding carboxylic acids is 2. The number of carbonyl (C=O) groups is 2. The number of ether oxygens (including phenoxy) is 2. The Hall–Kier alpha value is -1.14. The van der Waals surface area contributed by atoms with Crippen LogP contribution in [0.5, 0.6) is 0 Å². The average molecular weight is 260 g/mol. The van der Waals surface area contributed by atoms with Crippen molar-refractivity contribution < 1.29 is 19.1 Å². The molecule has 0 aromatic heterocycles. The van der Waals surface area contributed by atoms with E-state index < -0.39 is 35.2 Å². The second-order valence-electron chi connectivity index (χ2n) is 6.12. The molecule has 0 aliphatic carbocycles. The van der Waals surface area contributed by atoms with Gasteiger partial charge in [-0.05, 0) is 41.5 Å². The molecule has 0 heterocycles. The molecule has 18 heavy (non-hydrogen) atoms. The van der Waals surface area contributed by atoms with Crippen LogP contribution in [-0.2, 0) is 19.1 Å². The standard InChI is InChI=1S/C12H24N2O4/c1-11(2,3)17-9(15)7(13)8(14)10(16)18-12(4,5)6/h7-8H,13-14H2,1-6H3/t7-,8+. The molecule has 0 aliphatic heterocycles. The van der Waals surface area contributed by atoms with Gasteiger partial charge in [0.1, 0.15) is 23.3 Å². The summed E-state index contributed by atoms with van der Waals surface area (Å²) in [6, 6.07) is -2.47. The highest BCUT2D eigenvalue weighted by atomic mass is 16.6. The van der Waals surface area contributed by atoms with Gasteiger partial charge in [0.25, 0.3) is 0 Å². The van der Waals surface area contributed by atoms with E-state index in [1.54, 1.807) is 41.5 Å². The van der Waals surface area contributed by atoms with Crippen LogP contribution in [0.3, 0.4) is 0 Å². The van der Waals surface area contributed by atoms with Crippen molar-refractivity contribution in [1.82, 2.24) is 0 Å². The Kier molecular flexibility index (Phi) is 5.31. The molecule has 0 spiro atoms. The highest BCUT2D eigenvalue weighted by molar-refractivity contribution is 5.87. The van der Waals surface area contributed by atoms with Gasteiger partial charge in [-0.1, -0.05) is 0 Å². The summed E-state index contributed by atoms with van der Waals surface area (Å²) >= 11 is 0. The fourth-order valence-electron chi connectivity index (χ4n) is 1.03. The van der Waals surface area contributed by atoms with Gasteiger partial charge < -0.3 is 20.9 Å². The molecule has 106 valence electrons. The van der Waals surface area contributed by atoms with E-state index in [0.29, 0.717) is 0 Å². The van der Waals surface area contributed by atoms with Gasteiger partial charge in [-0.25, -0.2) is 0 Å². The van der Waals surface area contributed by atoms with Crippen LogP contribution in [0.2, 0.25) is 0 Å². The molecule has 0 saturated carbocycles. The Morgan fingerprint density at radius 3 is 1.17 bits per heavy atom. The normalized spacial score (nSPS) is 15.8. The molecular weight excluding hydrogens is 236 g/mol. The van der Waals surface area contributed by atoms with Gasteiger partial charge in [0.05, 0.1) is 0 Å². The SMILES string of the molecule is CC(C)(C)OC(=O)[C@@H](N)[C@@H](N)C(=O)OC(C)(C)C. The van der Waals surface area contributed by atoms with Crippen LogP contribution in [0.4, 0.5) is 0 Å².